The molecule has 2 aromatic rings. The molecule has 0 bridgehead atoms. The lowest BCUT2D eigenvalue weighted by Crippen LogP contribution is -2.52. The lowest BCUT2D eigenvalue weighted by atomic mass is 9.85. The second-order valence-corrected chi connectivity index (χ2v) is 8.21. The first-order valence-corrected chi connectivity index (χ1v) is 9.86. The van der Waals surface area contributed by atoms with Gasteiger partial charge in [0.05, 0.1) is 0 Å². The first kappa shape index (κ1) is 19.3. The first-order valence-electron chi connectivity index (χ1n) is 9.86. The van der Waals surface area contributed by atoms with Crippen molar-refractivity contribution in [1.82, 2.24) is 10.2 Å². The van der Waals surface area contributed by atoms with Gasteiger partial charge >= 0.3 is 6.03 Å². The van der Waals surface area contributed by atoms with E-state index in [9.17, 15) is 4.79 Å². The van der Waals surface area contributed by atoms with E-state index in [1.165, 1.54) is 16.8 Å². The van der Waals surface area contributed by atoms with Crippen molar-refractivity contribution in [2.75, 3.05) is 37.6 Å². The predicted molar refractivity (Wildman–Crippen MR) is 112 cm³/mol. The van der Waals surface area contributed by atoms with E-state index in [-0.39, 0.29) is 11.4 Å². The third-order valence-corrected chi connectivity index (χ3v) is 5.15. The molecule has 4 nitrogen and oxygen atoms in total. The highest BCUT2D eigenvalue weighted by atomic mass is 16.2. The largest absolute Gasteiger partial charge is 0.368 e. The van der Waals surface area contributed by atoms with Gasteiger partial charge < -0.3 is 15.1 Å². The normalized spacial score (nSPS) is 14.9. The number of rotatable bonds is 4. The Labute approximate surface area is 163 Å². The number of urea groups is 1. The van der Waals surface area contributed by atoms with Gasteiger partial charge in [-0.3, -0.25) is 0 Å². The van der Waals surface area contributed by atoms with Gasteiger partial charge in [0.15, 0.2) is 0 Å². The van der Waals surface area contributed by atoms with Crippen LogP contribution in [0.2, 0.25) is 0 Å². The zero-order valence-corrected chi connectivity index (χ0v) is 16.7. The standard InChI is InChI=1S/C23H31N3O/c1-23(2,3)20-11-7-8-12-21(20)25-15-17-26(18-16-25)22(27)24-14-13-19-9-5-4-6-10-19/h4-12H,13-18H2,1-3H3,(H,24,27). The molecule has 1 fully saturated rings. The fraction of sp³-hybridized carbons (Fsp3) is 0.435. The Kier molecular flexibility index (Phi) is 6.04. The average molecular weight is 366 g/mol. The van der Waals surface area contributed by atoms with Gasteiger partial charge in [-0.2, -0.15) is 0 Å². The monoisotopic (exact) mass is 365 g/mol. The van der Waals surface area contributed by atoms with Crippen LogP contribution in [0.5, 0.6) is 0 Å². The van der Waals surface area contributed by atoms with Crippen molar-refractivity contribution in [3.8, 4) is 0 Å². The minimum absolute atomic E-state index is 0.0506. The number of hydrogen-bond donors (Lipinski definition) is 1. The van der Waals surface area contributed by atoms with E-state index in [4.69, 9.17) is 0 Å². The summed E-state index contributed by atoms with van der Waals surface area (Å²) < 4.78 is 0. The maximum atomic E-state index is 12.5. The number of benzene rings is 2. The van der Waals surface area contributed by atoms with Crippen LogP contribution in [0.3, 0.4) is 0 Å². The Morgan fingerprint density at radius 1 is 0.926 bits per heavy atom. The van der Waals surface area contributed by atoms with Gasteiger partial charge in [-0.05, 0) is 29.0 Å². The molecule has 1 aliphatic heterocycles. The van der Waals surface area contributed by atoms with Crippen molar-refractivity contribution in [2.24, 2.45) is 0 Å². The maximum Gasteiger partial charge on any atom is 0.317 e. The Balaban J connectivity index is 1.51. The second kappa shape index (κ2) is 8.47. The molecular formula is C23H31N3O. The van der Waals surface area contributed by atoms with Crippen molar-refractivity contribution >= 4 is 11.7 Å². The van der Waals surface area contributed by atoms with Crippen molar-refractivity contribution < 1.29 is 4.79 Å². The molecule has 0 unspecified atom stereocenters. The van der Waals surface area contributed by atoms with Gasteiger partial charge in [0.1, 0.15) is 0 Å². The van der Waals surface area contributed by atoms with Crippen LogP contribution in [0.25, 0.3) is 0 Å². The van der Waals surface area contributed by atoms with Gasteiger partial charge in [0.25, 0.3) is 0 Å². The molecule has 0 aromatic heterocycles. The topological polar surface area (TPSA) is 35.6 Å². The highest BCUT2D eigenvalue weighted by molar-refractivity contribution is 5.74. The van der Waals surface area contributed by atoms with Crippen LogP contribution >= 0.6 is 0 Å². The second-order valence-electron chi connectivity index (χ2n) is 8.21. The number of nitrogens with zero attached hydrogens (tertiary/aromatic N) is 2. The Bertz CT molecular complexity index is 744. The molecule has 27 heavy (non-hydrogen) atoms. The van der Waals surface area contributed by atoms with Crippen LogP contribution in [0.15, 0.2) is 54.6 Å². The van der Waals surface area contributed by atoms with Crippen LogP contribution in [0.1, 0.15) is 31.9 Å². The lowest BCUT2D eigenvalue weighted by molar-refractivity contribution is 0.194. The minimum Gasteiger partial charge on any atom is -0.368 e. The minimum atomic E-state index is 0.0506. The molecule has 0 atom stereocenters. The van der Waals surface area contributed by atoms with E-state index in [1.54, 1.807) is 0 Å². The zero-order valence-electron chi connectivity index (χ0n) is 16.7. The quantitative estimate of drug-likeness (QED) is 0.887. The molecule has 3 rings (SSSR count). The molecule has 2 aromatic carbocycles. The number of nitrogens with one attached hydrogen (secondary N) is 1. The Hall–Kier alpha value is -2.49. The smallest absolute Gasteiger partial charge is 0.317 e. The summed E-state index contributed by atoms with van der Waals surface area (Å²) >= 11 is 0. The van der Waals surface area contributed by atoms with E-state index in [2.05, 4.69) is 67.4 Å². The van der Waals surface area contributed by atoms with Crippen LogP contribution in [0, 0.1) is 0 Å². The SMILES string of the molecule is CC(C)(C)c1ccccc1N1CCN(C(=O)NCCc2ccccc2)CC1. The molecular weight excluding hydrogens is 334 g/mol. The van der Waals surface area contributed by atoms with Crippen molar-refractivity contribution in [3.63, 3.8) is 0 Å². The summed E-state index contributed by atoms with van der Waals surface area (Å²) in [6, 6.07) is 19.0. The zero-order chi connectivity index (χ0) is 19.3. The highest BCUT2D eigenvalue weighted by Gasteiger charge is 2.25. The molecule has 4 heteroatoms. The fourth-order valence-electron chi connectivity index (χ4n) is 3.60. The molecule has 1 N–H and O–H groups in total. The van der Waals surface area contributed by atoms with Crippen molar-refractivity contribution in [1.29, 1.82) is 0 Å². The Morgan fingerprint density at radius 2 is 1.56 bits per heavy atom. The number of carbonyl (C=O) groups is 1. The summed E-state index contributed by atoms with van der Waals surface area (Å²) in [7, 11) is 0. The summed E-state index contributed by atoms with van der Waals surface area (Å²) in [5.41, 5.74) is 4.03. The summed E-state index contributed by atoms with van der Waals surface area (Å²) in [4.78, 5) is 16.8. The molecule has 1 aliphatic rings. The Morgan fingerprint density at radius 3 is 2.22 bits per heavy atom. The fourth-order valence-corrected chi connectivity index (χ4v) is 3.60. The predicted octanol–water partition coefficient (Wildman–Crippen LogP) is 4.06. The molecule has 0 saturated carbocycles. The van der Waals surface area contributed by atoms with E-state index in [0.29, 0.717) is 6.54 Å². The summed E-state index contributed by atoms with van der Waals surface area (Å²) in [6.07, 6.45) is 0.867. The van der Waals surface area contributed by atoms with Gasteiger partial charge in [0.2, 0.25) is 0 Å². The molecule has 0 aliphatic carbocycles. The van der Waals surface area contributed by atoms with Crippen molar-refractivity contribution in [3.05, 3.63) is 65.7 Å². The summed E-state index contributed by atoms with van der Waals surface area (Å²) in [6.45, 7) is 10.7. The van der Waals surface area contributed by atoms with E-state index in [1.807, 2.05) is 23.1 Å². The highest BCUT2D eigenvalue weighted by Crippen LogP contribution is 2.32. The molecule has 2 amide bonds. The lowest BCUT2D eigenvalue weighted by Gasteiger charge is -2.38. The van der Waals surface area contributed by atoms with E-state index < -0.39 is 0 Å². The maximum absolute atomic E-state index is 12.5. The molecule has 0 radical (unpaired) electrons. The van der Waals surface area contributed by atoms with Crippen molar-refractivity contribution in [2.45, 2.75) is 32.6 Å². The number of anilines is 1. The number of para-hydroxylation sites is 1. The van der Waals surface area contributed by atoms with Crippen LogP contribution in [-0.2, 0) is 11.8 Å². The summed E-state index contributed by atoms with van der Waals surface area (Å²) in [5, 5.41) is 3.06. The molecule has 0 spiro atoms. The number of hydrogen-bond acceptors (Lipinski definition) is 2. The molecule has 1 saturated heterocycles. The molecule has 144 valence electrons. The number of piperazine rings is 1. The average Bonchev–Trinajstić information content (AvgIpc) is 2.68. The first-order chi connectivity index (χ1) is 12.9. The third-order valence-electron chi connectivity index (χ3n) is 5.15. The van der Waals surface area contributed by atoms with Crippen LogP contribution in [0.4, 0.5) is 10.5 Å². The number of carbonyl (C=O) groups excluding carboxylic acids is 1. The van der Waals surface area contributed by atoms with Gasteiger partial charge in [-0.15, -0.1) is 0 Å². The van der Waals surface area contributed by atoms with E-state index in [0.717, 1.165) is 32.6 Å². The number of amides is 2. The van der Waals surface area contributed by atoms with Gasteiger partial charge in [0, 0.05) is 38.4 Å². The summed E-state index contributed by atoms with van der Waals surface area (Å²) in [5.74, 6) is 0. The van der Waals surface area contributed by atoms with Crippen LogP contribution < -0.4 is 10.2 Å². The van der Waals surface area contributed by atoms with Gasteiger partial charge in [-0.25, -0.2) is 4.79 Å². The third kappa shape index (κ3) is 5.03. The molecule has 1 heterocycles. The van der Waals surface area contributed by atoms with E-state index >= 15 is 0 Å². The van der Waals surface area contributed by atoms with Gasteiger partial charge in [-0.1, -0.05) is 69.3 Å². The van der Waals surface area contributed by atoms with Crippen LogP contribution in [-0.4, -0.2) is 43.7 Å².